The van der Waals surface area contributed by atoms with Crippen molar-refractivity contribution in [1.82, 2.24) is 0 Å². The molecule has 0 saturated carbocycles. The summed E-state index contributed by atoms with van der Waals surface area (Å²) in [5, 5.41) is 4.52. The first kappa shape index (κ1) is 17.9. The number of halogens is 4. The van der Waals surface area contributed by atoms with E-state index in [1.807, 2.05) is 32.0 Å². The number of anilines is 1. The van der Waals surface area contributed by atoms with Crippen LogP contribution in [0.5, 0.6) is 5.75 Å². The molecule has 2 aromatic rings. The minimum absolute atomic E-state index is 0.115. The zero-order valence-corrected chi connectivity index (χ0v) is 16.8. The van der Waals surface area contributed by atoms with Gasteiger partial charge in [-0.2, -0.15) is 0 Å². The number of hydrogen-bond acceptors (Lipinski definition) is 2. The van der Waals surface area contributed by atoms with E-state index < -0.39 is 0 Å². The molecule has 0 bridgehead atoms. The van der Waals surface area contributed by atoms with Gasteiger partial charge in [0.2, 0.25) is 0 Å². The van der Waals surface area contributed by atoms with Crippen molar-refractivity contribution in [3.63, 3.8) is 0 Å². The Morgan fingerprint density at radius 1 is 1.09 bits per heavy atom. The third-order valence-corrected chi connectivity index (χ3v) is 4.55. The maximum atomic E-state index is 6.16. The molecule has 0 fully saturated rings. The van der Waals surface area contributed by atoms with Gasteiger partial charge in [0.15, 0.2) is 0 Å². The average molecular weight is 468 g/mol. The molecule has 0 spiro atoms. The van der Waals surface area contributed by atoms with Crippen molar-refractivity contribution in [1.29, 1.82) is 0 Å². The summed E-state index contributed by atoms with van der Waals surface area (Å²) in [6, 6.07) is 9.45. The lowest BCUT2D eigenvalue weighted by Crippen LogP contribution is -2.07. The van der Waals surface area contributed by atoms with E-state index in [0.717, 1.165) is 25.9 Å². The van der Waals surface area contributed by atoms with Crippen LogP contribution in [-0.4, -0.2) is 6.10 Å². The highest BCUT2D eigenvalue weighted by Crippen LogP contribution is 2.36. The first-order valence-electron chi connectivity index (χ1n) is 6.70. The summed E-state index contributed by atoms with van der Waals surface area (Å²) in [5.74, 6) is 0.809. The van der Waals surface area contributed by atoms with Crippen LogP contribution < -0.4 is 10.1 Å². The van der Waals surface area contributed by atoms with Crippen molar-refractivity contribution in [2.45, 2.75) is 26.5 Å². The highest BCUT2D eigenvalue weighted by Gasteiger charge is 2.11. The van der Waals surface area contributed by atoms with Crippen LogP contribution >= 0.6 is 55.1 Å². The Labute approximate surface area is 157 Å². The molecular weight excluding hydrogens is 453 g/mol. The first-order valence-corrected chi connectivity index (χ1v) is 9.04. The largest absolute Gasteiger partial charge is 0.489 e. The number of benzene rings is 2. The summed E-state index contributed by atoms with van der Waals surface area (Å²) < 4.78 is 7.60. The van der Waals surface area contributed by atoms with E-state index in [1.165, 1.54) is 0 Å². The Morgan fingerprint density at radius 3 is 2.27 bits per heavy atom. The van der Waals surface area contributed by atoms with Crippen molar-refractivity contribution in [2.75, 3.05) is 5.32 Å². The summed E-state index contributed by atoms with van der Waals surface area (Å²) in [6.45, 7) is 4.63. The molecule has 0 atom stereocenters. The van der Waals surface area contributed by atoms with Crippen molar-refractivity contribution in [3.05, 3.63) is 54.9 Å². The molecule has 0 radical (unpaired) electrons. The SMILES string of the molecule is CC(C)Oc1c(Br)cc(CNc2ccc(Cl)cc2Cl)cc1Br. The third kappa shape index (κ3) is 4.79. The Bertz CT molecular complexity index is 654. The maximum Gasteiger partial charge on any atom is 0.148 e. The second kappa shape index (κ2) is 7.91. The average Bonchev–Trinajstić information content (AvgIpc) is 2.41. The molecule has 0 aliphatic rings. The first-order chi connectivity index (χ1) is 10.4. The van der Waals surface area contributed by atoms with Crippen molar-refractivity contribution >= 4 is 60.7 Å². The van der Waals surface area contributed by atoms with E-state index in [9.17, 15) is 0 Å². The smallest absolute Gasteiger partial charge is 0.148 e. The van der Waals surface area contributed by atoms with E-state index >= 15 is 0 Å². The van der Waals surface area contributed by atoms with Crippen LogP contribution in [0.1, 0.15) is 19.4 Å². The van der Waals surface area contributed by atoms with Gasteiger partial charge in [0, 0.05) is 11.6 Å². The fourth-order valence-corrected chi connectivity index (χ4v) is 3.84. The molecule has 2 nitrogen and oxygen atoms in total. The van der Waals surface area contributed by atoms with Crippen LogP contribution in [0.25, 0.3) is 0 Å². The van der Waals surface area contributed by atoms with Crippen LogP contribution in [0.2, 0.25) is 10.0 Å². The fourth-order valence-electron chi connectivity index (χ4n) is 1.89. The lowest BCUT2D eigenvalue weighted by atomic mass is 10.2. The van der Waals surface area contributed by atoms with Crippen LogP contribution in [0.3, 0.4) is 0 Å². The Hall–Kier alpha value is -0.420. The van der Waals surface area contributed by atoms with E-state index in [1.54, 1.807) is 12.1 Å². The number of hydrogen-bond donors (Lipinski definition) is 1. The molecule has 0 heterocycles. The normalized spacial score (nSPS) is 10.9. The van der Waals surface area contributed by atoms with Gasteiger partial charge < -0.3 is 10.1 Å². The van der Waals surface area contributed by atoms with Gasteiger partial charge >= 0.3 is 0 Å². The zero-order valence-electron chi connectivity index (χ0n) is 12.1. The quantitative estimate of drug-likeness (QED) is 0.515. The highest BCUT2D eigenvalue weighted by atomic mass is 79.9. The van der Waals surface area contributed by atoms with E-state index in [0.29, 0.717) is 16.6 Å². The molecule has 1 N–H and O–H groups in total. The molecule has 0 aliphatic carbocycles. The molecule has 0 aromatic heterocycles. The lowest BCUT2D eigenvalue weighted by Gasteiger charge is -2.15. The molecule has 0 unspecified atom stereocenters. The standard InChI is InChI=1S/C16H15Br2Cl2NO/c1-9(2)22-16-12(17)5-10(6-13(16)18)8-21-15-4-3-11(19)7-14(15)20/h3-7,9,21H,8H2,1-2H3. The van der Waals surface area contributed by atoms with Gasteiger partial charge in [-0.3, -0.25) is 0 Å². The number of rotatable bonds is 5. The van der Waals surface area contributed by atoms with E-state index in [4.69, 9.17) is 27.9 Å². The summed E-state index contributed by atoms with van der Waals surface area (Å²) in [6.07, 6.45) is 0.115. The predicted octanol–water partition coefficient (Wildman–Crippen LogP) is 6.92. The van der Waals surface area contributed by atoms with E-state index in [2.05, 4.69) is 37.2 Å². The Balaban J connectivity index is 2.13. The molecule has 0 aliphatic heterocycles. The van der Waals surface area contributed by atoms with Crippen LogP contribution in [0.15, 0.2) is 39.3 Å². The minimum atomic E-state index is 0.115. The summed E-state index contributed by atoms with van der Waals surface area (Å²) in [7, 11) is 0. The van der Waals surface area contributed by atoms with Crippen LogP contribution in [0, 0.1) is 0 Å². The van der Waals surface area contributed by atoms with Gasteiger partial charge in [0.25, 0.3) is 0 Å². The van der Waals surface area contributed by atoms with Gasteiger partial charge in [-0.1, -0.05) is 23.2 Å². The number of ether oxygens (including phenoxy) is 1. The number of nitrogens with one attached hydrogen (secondary N) is 1. The van der Waals surface area contributed by atoms with Crippen molar-refractivity contribution in [3.8, 4) is 5.75 Å². The molecule has 22 heavy (non-hydrogen) atoms. The molecule has 118 valence electrons. The topological polar surface area (TPSA) is 21.3 Å². The van der Waals surface area contributed by atoms with Gasteiger partial charge in [0.05, 0.1) is 25.8 Å². The molecule has 2 rings (SSSR count). The highest BCUT2D eigenvalue weighted by molar-refractivity contribution is 9.11. The third-order valence-electron chi connectivity index (χ3n) is 2.83. The van der Waals surface area contributed by atoms with Crippen LogP contribution in [-0.2, 0) is 6.54 Å². The monoisotopic (exact) mass is 465 g/mol. The molecule has 0 amide bonds. The van der Waals surface area contributed by atoms with Crippen LogP contribution in [0.4, 0.5) is 5.69 Å². The summed E-state index contributed by atoms with van der Waals surface area (Å²) in [4.78, 5) is 0. The van der Waals surface area contributed by atoms with Gasteiger partial charge in [0.1, 0.15) is 5.75 Å². The Morgan fingerprint density at radius 2 is 1.73 bits per heavy atom. The van der Waals surface area contributed by atoms with E-state index in [-0.39, 0.29) is 6.10 Å². The predicted molar refractivity (Wildman–Crippen MR) is 101 cm³/mol. The summed E-state index contributed by atoms with van der Waals surface area (Å²) in [5.41, 5.74) is 1.95. The van der Waals surface area contributed by atoms with Gasteiger partial charge in [-0.25, -0.2) is 0 Å². The second-order valence-electron chi connectivity index (χ2n) is 5.03. The molecule has 6 heteroatoms. The van der Waals surface area contributed by atoms with Crippen molar-refractivity contribution < 1.29 is 4.74 Å². The second-order valence-corrected chi connectivity index (χ2v) is 7.59. The minimum Gasteiger partial charge on any atom is -0.489 e. The maximum absolute atomic E-state index is 6.16. The fraction of sp³-hybridized carbons (Fsp3) is 0.250. The molecular formula is C16H15Br2Cl2NO. The van der Waals surface area contributed by atoms with Crippen molar-refractivity contribution in [2.24, 2.45) is 0 Å². The summed E-state index contributed by atoms with van der Waals surface area (Å²) >= 11 is 19.2. The molecule has 2 aromatic carbocycles. The van der Waals surface area contributed by atoms with Gasteiger partial charge in [-0.15, -0.1) is 0 Å². The lowest BCUT2D eigenvalue weighted by molar-refractivity contribution is 0.239. The van der Waals surface area contributed by atoms with Gasteiger partial charge in [-0.05, 0) is 81.6 Å². The molecule has 0 saturated heterocycles. The Kier molecular flexibility index (Phi) is 6.45. The zero-order chi connectivity index (χ0) is 16.3.